The predicted molar refractivity (Wildman–Crippen MR) is 280 cm³/mol. The molecule has 0 spiro atoms. The molecule has 0 atom stereocenters. The van der Waals surface area contributed by atoms with Crippen molar-refractivity contribution in [1.82, 2.24) is 14.7 Å². The van der Waals surface area contributed by atoms with E-state index in [0.29, 0.717) is 75.6 Å². The summed E-state index contributed by atoms with van der Waals surface area (Å²) in [7, 11) is 2.93. The third-order valence-electron chi connectivity index (χ3n) is 13.7. The Bertz CT molecular complexity index is 2580. The van der Waals surface area contributed by atoms with Crippen LogP contribution in [0.5, 0.6) is 63.2 Å². The first-order valence-electron chi connectivity index (χ1n) is 22.2. The summed E-state index contributed by atoms with van der Waals surface area (Å²) in [4.78, 5) is 8.24. The van der Waals surface area contributed by atoms with Crippen molar-refractivity contribution in [1.29, 1.82) is 0 Å². The molecule has 5 aromatic rings. The van der Waals surface area contributed by atoms with E-state index in [9.17, 15) is 46.0 Å². The minimum atomic E-state index is -0.271. The van der Waals surface area contributed by atoms with Crippen molar-refractivity contribution in [3.63, 3.8) is 0 Å². The van der Waals surface area contributed by atoms with Crippen molar-refractivity contribution in [2.24, 2.45) is 0 Å². The van der Waals surface area contributed by atoms with Gasteiger partial charge in [-0.05, 0) is 80.4 Å². The first-order chi connectivity index (χ1) is 32.2. The molecule has 0 aliphatic carbocycles. The predicted octanol–water partition coefficient (Wildman–Crippen LogP) is 9.50. The first kappa shape index (κ1) is 55.1. The lowest BCUT2D eigenvalue weighted by Gasteiger charge is -2.33. The molecule has 0 amide bonds. The zero-order chi connectivity index (χ0) is 51.8. The second-order valence-corrected chi connectivity index (χ2v) is 19.7. The summed E-state index contributed by atoms with van der Waals surface area (Å²) in [5.74, 6) is -0.469. The SMILES string of the molecule is COc1c(C)c(O)c(C)c(O)c1CN(CCN(CCN(Cc1c(S)c(C)c(O)c(C)c1S)Cc1c(O)c(C)c(O)c(C)c1OC)Cc1c(O)c(C)c(O)c(C)c1O)Cc1c(S)c(C)c(O)c(C)c1S. The zero-order valence-corrected chi connectivity index (χ0v) is 44.9. The summed E-state index contributed by atoms with van der Waals surface area (Å²) in [6.07, 6.45) is 0. The molecule has 0 saturated carbocycles. The van der Waals surface area contributed by atoms with Crippen LogP contribution in [0, 0.1) is 69.2 Å². The highest BCUT2D eigenvalue weighted by Gasteiger charge is 2.29. The summed E-state index contributed by atoms with van der Waals surface area (Å²) >= 11 is 19.4. The second kappa shape index (κ2) is 22.1. The maximum Gasteiger partial charge on any atom is 0.133 e. The number of hydrogen-bond donors (Lipinski definition) is 13. The molecule has 376 valence electrons. The minimum Gasteiger partial charge on any atom is -0.507 e. The van der Waals surface area contributed by atoms with Crippen LogP contribution in [0.2, 0.25) is 0 Å². The summed E-state index contributed by atoms with van der Waals surface area (Å²) in [5, 5.41) is 101. The van der Waals surface area contributed by atoms with Gasteiger partial charge in [-0.3, -0.25) is 14.7 Å². The molecule has 5 rings (SSSR count). The molecule has 14 nitrogen and oxygen atoms in total. The molecule has 0 aliphatic rings. The Hall–Kier alpha value is -4.82. The number of phenolic OH excluding ortho intramolecular Hbond substituents is 9. The van der Waals surface area contributed by atoms with Gasteiger partial charge < -0.3 is 55.4 Å². The summed E-state index contributed by atoms with van der Waals surface area (Å²) in [5.41, 5.74) is 6.62. The second-order valence-electron chi connectivity index (χ2n) is 17.9. The molecule has 5 aromatic carbocycles. The Labute approximate surface area is 427 Å². The highest BCUT2D eigenvalue weighted by Crippen LogP contribution is 2.46. The van der Waals surface area contributed by atoms with Crippen LogP contribution in [-0.4, -0.2) is 101 Å². The van der Waals surface area contributed by atoms with Gasteiger partial charge in [-0.2, -0.15) is 0 Å². The van der Waals surface area contributed by atoms with E-state index in [1.807, 2.05) is 14.7 Å². The molecule has 0 aromatic heterocycles. The van der Waals surface area contributed by atoms with Crippen LogP contribution in [0.15, 0.2) is 19.6 Å². The van der Waals surface area contributed by atoms with Crippen LogP contribution in [-0.2, 0) is 32.7 Å². The molecular formula is C51H67N3O11S4. The number of methoxy groups -OCH3 is 2. The van der Waals surface area contributed by atoms with E-state index in [4.69, 9.17) is 60.0 Å². The van der Waals surface area contributed by atoms with Gasteiger partial charge in [0.25, 0.3) is 0 Å². The van der Waals surface area contributed by atoms with Gasteiger partial charge in [0.1, 0.15) is 63.2 Å². The van der Waals surface area contributed by atoms with Crippen molar-refractivity contribution in [2.75, 3.05) is 40.4 Å². The highest BCUT2D eigenvalue weighted by atomic mass is 32.1. The Kier molecular flexibility index (Phi) is 17.6. The number of nitrogens with zero attached hydrogens (tertiary/aromatic N) is 3. The fourth-order valence-corrected chi connectivity index (χ4v) is 10.3. The van der Waals surface area contributed by atoms with E-state index in [0.717, 1.165) is 11.1 Å². The van der Waals surface area contributed by atoms with Gasteiger partial charge in [-0.15, -0.1) is 50.5 Å². The van der Waals surface area contributed by atoms with E-state index in [1.165, 1.54) is 14.2 Å². The number of benzene rings is 5. The van der Waals surface area contributed by atoms with Crippen molar-refractivity contribution in [3.8, 4) is 63.2 Å². The van der Waals surface area contributed by atoms with E-state index in [2.05, 4.69) is 0 Å². The quantitative estimate of drug-likeness (QED) is 0.0369. The normalized spacial score (nSPS) is 11.8. The van der Waals surface area contributed by atoms with Crippen LogP contribution >= 0.6 is 50.5 Å². The summed E-state index contributed by atoms with van der Waals surface area (Å²) in [6, 6.07) is 0. The number of thiol groups is 4. The fraction of sp³-hybridized carbons (Fsp3) is 0.412. The van der Waals surface area contributed by atoms with Crippen molar-refractivity contribution < 1.29 is 55.4 Å². The zero-order valence-electron chi connectivity index (χ0n) is 41.3. The van der Waals surface area contributed by atoms with Gasteiger partial charge in [0.05, 0.1) is 30.9 Å². The monoisotopic (exact) mass is 1030 g/mol. The Morgan fingerprint density at radius 3 is 0.797 bits per heavy atom. The number of phenols is 9. The molecule has 0 radical (unpaired) electrons. The van der Waals surface area contributed by atoms with Crippen LogP contribution < -0.4 is 9.47 Å². The number of aromatic hydroxyl groups is 9. The van der Waals surface area contributed by atoms with E-state index in [1.54, 1.807) is 69.2 Å². The number of hydrogen-bond acceptors (Lipinski definition) is 18. The molecule has 0 aliphatic heterocycles. The van der Waals surface area contributed by atoms with Crippen LogP contribution in [0.3, 0.4) is 0 Å². The van der Waals surface area contributed by atoms with Gasteiger partial charge >= 0.3 is 0 Å². The molecule has 69 heavy (non-hydrogen) atoms. The fourth-order valence-electron chi connectivity index (χ4n) is 9.01. The van der Waals surface area contributed by atoms with E-state index < -0.39 is 0 Å². The summed E-state index contributed by atoms with van der Waals surface area (Å²) < 4.78 is 11.6. The lowest BCUT2D eigenvalue weighted by molar-refractivity contribution is 0.153. The maximum absolute atomic E-state index is 11.6. The molecule has 0 bridgehead atoms. The smallest absolute Gasteiger partial charge is 0.133 e. The Morgan fingerprint density at radius 2 is 0.507 bits per heavy atom. The third-order valence-corrected chi connectivity index (χ3v) is 16.1. The lowest BCUT2D eigenvalue weighted by Crippen LogP contribution is -2.39. The molecule has 0 fully saturated rings. The average Bonchev–Trinajstić information content (AvgIpc) is 3.33. The summed E-state index contributed by atoms with van der Waals surface area (Å²) in [6.45, 7) is 18.6. The van der Waals surface area contributed by atoms with Gasteiger partial charge in [-0.25, -0.2) is 0 Å². The number of ether oxygens (including phenoxy) is 2. The van der Waals surface area contributed by atoms with Crippen LogP contribution in [0.1, 0.15) is 83.5 Å². The molecule has 0 unspecified atom stereocenters. The highest BCUT2D eigenvalue weighted by molar-refractivity contribution is 7.81. The maximum atomic E-state index is 11.6. The molecule has 0 heterocycles. The molecular weight excluding hydrogens is 959 g/mol. The van der Waals surface area contributed by atoms with E-state index in [-0.39, 0.29) is 138 Å². The average molecular weight is 1030 g/mol. The van der Waals surface area contributed by atoms with Crippen molar-refractivity contribution >= 4 is 50.5 Å². The minimum absolute atomic E-state index is 0.000572. The largest absolute Gasteiger partial charge is 0.507 e. The number of rotatable bonds is 18. The van der Waals surface area contributed by atoms with Gasteiger partial charge in [0, 0.05) is 134 Å². The van der Waals surface area contributed by atoms with Gasteiger partial charge in [0.2, 0.25) is 0 Å². The molecule has 18 heteroatoms. The Morgan fingerprint density at radius 1 is 0.290 bits per heavy atom. The third kappa shape index (κ3) is 10.6. The molecule has 9 N–H and O–H groups in total. The topological polar surface area (TPSA) is 210 Å². The van der Waals surface area contributed by atoms with Crippen LogP contribution in [0.4, 0.5) is 0 Å². The van der Waals surface area contributed by atoms with E-state index >= 15 is 0 Å². The van der Waals surface area contributed by atoms with Gasteiger partial charge in [0.15, 0.2) is 0 Å². The molecule has 0 saturated heterocycles. The van der Waals surface area contributed by atoms with Crippen molar-refractivity contribution in [2.45, 2.75) is 122 Å². The van der Waals surface area contributed by atoms with Crippen LogP contribution in [0.25, 0.3) is 0 Å². The Balaban J connectivity index is 1.67. The van der Waals surface area contributed by atoms with Crippen molar-refractivity contribution in [3.05, 3.63) is 83.5 Å². The lowest BCUT2D eigenvalue weighted by atomic mass is 10.00. The standard InChI is InChI=1S/C51H67N3O11S4/c1-22-37(55)23(2)43(61)32(42(22)60)17-52(13-15-53(20-35-48(66)28(7)40(58)29(8)49(35)67)18-33-44(62)24(3)38(56)26(5)46(33)64-11)14-16-54(21-36-50(68)30(9)41(59)31(10)51(36)69)19-34-45(63)25(4)39(57)27(6)47(34)65-12/h55-63,66-69H,13-21H2,1-12H3. The first-order valence-corrected chi connectivity index (χ1v) is 24.0. The van der Waals surface area contributed by atoms with Gasteiger partial charge in [-0.1, -0.05) is 0 Å².